The van der Waals surface area contributed by atoms with Crippen molar-refractivity contribution >= 4 is 15.7 Å². The van der Waals surface area contributed by atoms with Gasteiger partial charge < -0.3 is 9.73 Å². The lowest BCUT2D eigenvalue weighted by atomic mass is 10.2. The quantitative estimate of drug-likeness (QED) is 0.677. The lowest BCUT2D eigenvalue weighted by Crippen LogP contribution is -2.07. The second kappa shape index (κ2) is 6.90. The third-order valence-corrected chi connectivity index (χ3v) is 5.09. The Kier molecular flexibility index (Phi) is 4.67. The van der Waals surface area contributed by atoms with E-state index in [2.05, 4.69) is 16.9 Å². The molecule has 0 saturated heterocycles. The molecular formula is C18H15FN2O3S. The molecule has 0 aliphatic heterocycles. The molecule has 7 heteroatoms. The molecule has 2 aromatic carbocycles. The minimum absolute atomic E-state index is 0.0537. The van der Waals surface area contributed by atoms with E-state index >= 15 is 0 Å². The highest BCUT2D eigenvalue weighted by molar-refractivity contribution is 7.91. The summed E-state index contributed by atoms with van der Waals surface area (Å²) in [5, 5.41) is 2.51. The summed E-state index contributed by atoms with van der Waals surface area (Å²) in [6.45, 7) is 3.84. The Labute approximate surface area is 144 Å². The lowest BCUT2D eigenvalue weighted by molar-refractivity contribution is 0.569. The van der Waals surface area contributed by atoms with Gasteiger partial charge >= 0.3 is 0 Å². The zero-order chi connectivity index (χ0) is 17.9. The standard InChI is InChI=1S/C18H15FN2O3S/c1-2-12-20-17-18(25(22,23)13-8-4-3-5-9-13)21-16(24-17)14-10-6-7-11-15(14)19/h2-11,20H,1,12H2. The molecule has 0 fully saturated rings. The van der Waals surface area contributed by atoms with Gasteiger partial charge in [-0.25, -0.2) is 12.8 Å². The van der Waals surface area contributed by atoms with Gasteiger partial charge in [0.2, 0.25) is 26.6 Å². The van der Waals surface area contributed by atoms with Crippen LogP contribution in [0.2, 0.25) is 0 Å². The number of aromatic nitrogens is 1. The van der Waals surface area contributed by atoms with E-state index < -0.39 is 15.7 Å². The van der Waals surface area contributed by atoms with Crippen molar-refractivity contribution in [3.63, 3.8) is 0 Å². The summed E-state index contributed by atoms with van der Waals surface area (Å²) < 4.78 is 45.2. The van der Waals surface area contributed by atoms with Crippen molar-refractivity contribution in [2.75, 3.05) is 11.9 Å². The van der Waals surface area contributed by atoms with Gasteiger partial charge in [0.15, 0.2) is 0 Å². The number of anilines is 1. The number of hydrogen-bond donors (Lipinski definition) is 1. The molecule has 1 N–H and O–H groups in total. The van der Waals surface area contributed by atoms with Gasteiger partial charge in [0.25, 0.3) is 0 Å². The average Bonchev–Trinajstić information content (AvgIpc) is 3.06. The fourth-order valence-electron chi connectivity index (χ4n) is 2.23. The van der Waals surface area contributed by atoms with Crippen LogP contribution in [0.4, 0.5) is 10.3 Å². The minimum atomic E-state index is -3.92. The molecule has 128 valence electrons. The molecule has 1 aromatic heterocycles. The molecule has 3 aromatic rings. The van der Waals surface area contributed by atoms with Gasteiger partial charge in [0.1, 0.15) is 5.82 Å². The number of rotatable bonds is 6. The Bertz CT molecular complexity index is 998. The average molecular weight is 358 g/mol. The van der Waals surface area contributed by atoms with Crippen molar-refractivity contribution in [1.82, 2.24) is 4.98 Å². The molecule has 0 bridgehead atoms. The summed E-state index contributed by atoms with van der Waals surface area (Å²) in [5.41, 5.74) is 0.0821. The Morgan fingerprint density at radius 2 is 1.80 bits per heavy atom. The molecule has 0 aliphatic rings. The lowest BCUT2D eigenvalue weighted by Gasteiger charge is -2.03. The Hall–Kier alpha value is -2.93. The van der Waals surface area contributed by atoms with Crippen molar-refractivity contribution < 1.29 is 17.2 Å². The Balaban J connectivity index is 2.15. The number of nitrogens with one attached hydrogen (secondary N) is 1. The first-order valence-corrected chi connectivity index (χ1v) is 8.93. The van der Waals surface area contributed by atoms with E-state index in [1.807, 2.05) is 0 Å². The van der Waals surface area contributed by atoms with Crippen LogP contribution >= 0.6 is 0 Å². The molecule has 0 aliphatic carbocycles. The van der Waals surface area contributed by atoms with Crippen LogP contribution in [0.25, 0.3) is 11.5 Å². The maximum atomic E-state index is 14.0. The van der Waals surface area contributed by atoms with Gasteiger partial charge in [-0.3, -0.25) is 0 Å². The molecule has 0 radical (unpaired) electrons. The summed E-state index contributed by atoms with van der Waals surface area (Å²) in [6.07, 6.45) is 1.55. The van der Waals surface area contributed by atoms with E-state index in [0.717, 1.165) is 0 Å². The largest absolute Gasteiger partial charge is 0.419 e. The Morgan fingerprint density at radius 3 is 2.48 bits per heavy atom. The number of hydrogen-bond acceptors (Lipinski definition) is 5. The van der Waals surface area contributed by atoms with Gasteiger partial charge in [-0.1, -0.05) is 36.4 Å². The smallest absolute Gasteiger partial charge is 0.234 e. The van der Waals surface area contributed by atoms with Crippen LogP contribution in [-0.2, 0) is 9.84 Å². The van der Waals surface area contributed by atoms with Gasteiger partial charge in [0.05, 0.1) is 10.5 Å². The van der Waals surface area contributed by atoms with Crippen molar-refractivity contribution in [2.24, 2.45) is 0 Å². The normalized spacial score (nSPS) is 11.2. The van der Waals surface area contributed by atoms with Gasteiger partial charge in [-0.05, 0) is 24.3 Å². The minimum Gasteiger partial charge on any atom is -0.419 e. The third kappa shape index (κ3) is 3.32. The van der Waals surface area contributed by atoms with Crippen molar-refractivity contribution in [3.05, 3.63) is 73.1 Å². The molecule has 0 amide bonds. The highest BCUT2D eigenvalue weighted by Gasteiger charge is 2.28. The maximum Gasteiger partial charge on any atom is 0.234 e. The zero-order valence-corrected chi connectivity index (χ0v) is 14.0. The van der Waals surface area contributed by atoms with Gasteiger partial charge in [-0.2, -0.15) is 4.98 Å². The van der Waals surface area contributed by atoms with E-state index in [0.29, 0.717) is 0 Å². The van der Waals surface area contributed by atoms with E-state index in [4.69, 9.17) is 4.42 Å². The van der Waals surface area contributed by atoms with E-state index in [-0.39, 0.29) is 33.8 Å². The zero-order valence-electron chi connectivity index (χ0n) is 13.1. The van der Waals surface area contributed by atoms with E-state index in [9.17, 15) is 12.8 Å². The molecule has 0 atom stereocenters. The third-order valence-electron chi connectivity index (χ3n) is 3.42. The fraction of sp³-hybridized carbons (Fsp3) is 0.0556. The molecule has 5 nitrogen and oxygen atoms in total. The van der Waals surface area contributed by atoms with Crippen LogP contribution in [0.15, 0.2) is 81.6 Å². The number of oxazole rings is 1. The first-order valence-electron chi connectivity index (χ1n) is 7.44. The van der Waals surface area contributed by atoms with Crippen LogP contribution < -0.4 is 5.32 Å². The van der Waals surface area contributed by atoms with Crippen molar-refractivity contribution in [1.29, 1.82) is 0 Å². The second-order valence-electron chi connectivity index (χ2n) is 5.12. The monoisotopic (exact) mass is 358 g/mol. The number of nitrogens with zero attached hydrogens (tertiary/aromatic N) is 1. The SMILES string of the molecule is C=CCNc1oc(-c2ccccc2F)nc1S(=O)(=O)c1ccccc1. The molecule has 0 unspecified atom stereocenters. The fourth-order valence-corrected chi connectivity index (χ4v) is 3.53. The number of benzene rings is 2. The molecule has 25 heavy (non-hydrogen) atoms. The van der Waals surface area contributed by atoms with Crippen LogP contribution in [-0.4, -0.2) is 19.9 Å². The summed E-state index contributed by atoms with van der Waals surface area (Å²) in [5.74, 6) is -0.719. The molecular weight excluding hydrogens is 343 g/mol. The number of sulfone groups is 1. The summed E-state index contributed by atoms with van der Waals surface area (Å²) >= 11 is 0. The first kappa shape index (κ1) is 16.9. The van der Waals surface area contributed by atoms with E-state index in [1.54, 1.807) is 30.3 Å². The second-order valence-corrected chi connectivity index (χ2v) is 6.98. The van der Waals surface area contributed by atoms with Crippen molar-refractivity contribution in [2.45, 2.75) is 9.92 Å². The predicted molar refractivity (Wildman–Crippen MR) is 92.5 cm³/mol. The summed E-state index contributed by atoms with van der Waals surface area (Å²) in [7, 11) is -3.92. The summed E-state index contributed by atoms with van der Waals surface area (Å²) in [4.78, 5) is 4.12. The highest BCUT2D eigenvalue weighted by atomic mass is 32.2. The maximum absolute atomic E-state index is 14.0. The van der Waals surface area contributed by atoms with Crippen LogP contribution in [0.3, 0.4) is 0 Å². The van der Waals surface area contributed by atoms with Crippen LogP contribution in [0, 0.1) is 5.82 Å². The first-order chi connectivity index (χ1) is 12.0. The topological polar surface area (TPSA) is 72.2 Å². The molecule has 0 saturated carbocycles. The summed E-state index contributed by atoms with van der Waals surface area (Å²) in [6, 6.07) is 13.7. The van der Waals surface area contributed by atoms with Crippen LogP contribution in [0.5, 0.6) is 0 Å². The molecule has 3 rings (SSSR count). The molecule has 0 spiro atoms. The van der Waals surface area contributed by atoms with Gasteiger partial charge in [-0.15, -0.1) is 6.58 Å². The van der Waals surface area contributed by atoms with Crippen molar-refractivity contribution in [3.8, 4) is 11.5 Å². The number of halogens is 1. The Morgan fingerprint density at radius 1 is 1.12 bits per heavy atom. The molecule has 1 heterocycles. The van der Waals surface area contributed by atoms with E-state index in [1.165, 1.54) is 30.3 Å². The van der Waals surface area contributed by atoms with Crippen LogP contribution in [0.1, 0.15) is 0 Å². The predicted octanol–water partition coefficient (Wildman–Crippen LogP) is 3.91. The van der Waals surface area contributed by atoms with Gasteiger partial charge in [0, 0.05) is 6.54 Å². The highest BCUT2D eigenvalue weighted by Crippen LogP contribution is 2.33.